The summed E-state index contributed by atoms with van der Waals surface area (Å²) in [5, 5.41) is 3.48. The maximum absolute atomic E-state index is 13.2. The summed E-state index contributed by atoms with van der Waals surface area (Å²) < 4.78 is 18.8. The van der Waals surface area contributed by atoms with Gasteiger partial charge in [-0.25, -0.2) is 4.39 Å². The van der Waals surface area contributed by atoms with Gasteiger partial charge in [-0.2, -0.15) is 0 Å². The zero-order valence-electron chi connectivity index (χ0n) is 11.0. The molecule has 0 amide bonds. The molecule has 2 rings (SSSR count). The van der Waals surface area contributed by atoms with Crippen LogP contribution >= 0.6 is 0 Å². The number of rotatable bonds is 6. The van der Waals surface area contributed by atoms with Crippen molar-refractivity contribution >= 4 is 0 Å². The fourth-order valence-electron chi connectivity index (χ4n) is 2.60. The van der Waals surface area contributed by atoms with Gasteiger partial charge in [0, 0.05) is 18.6 Å². The summed E-state index contributed by atoms with van der Waals surface area (Å²) in [5.41, 5.74) is 1.21. The van der Waals surface area contributed by atoms with E-state index in [0.717, 1.165) is 51.1 Å². The van der Waals surface area contributed by atoms with E-state index < -0.39 is 0 Å². The first-order chi connectivity index (χ1) is 8.74. The Kier molecular flexibility index (Phi) is 4.72. The van der Waals surface area contributed by atoms with Crippen LogP contribution in [0.15, 0.2) is 24.3 Å². The van der Waals surface area contributed by atoms with E-state index in [4.69, 9.17) is 4.74 Å². The molecule has 1 saturated heterocycles. The van der Waals surface area contributed by atoms with Crippen LogP contribution in [0.1, 0.15) is 25.3 Å². The van der Waals surface area contributed by atoms with E-state index in [0.29, 0.717) is 0 Å². The molecule has 18 heavy (non-hydrogen) atoms. The highest BCUT2D eigenvalue weighted by molar-refractivity contribution is 5.18. The maximum atomic E-state index is 13.2. The summed E-state index contributed by atoms with van der Waals surface area (Å²) in [6, 6.07) is 6.92. The minimum atomic E-state index is -0.150. The zero-order valence-corrected chi connectivity index (χ0v) is 11.0. The summed E-state index contributed by atoms with van der Waals surface area (Å²) in [7, 11) is 0. The molecule has 3 heteroatoms. The lowest BCUT2D eigenvalue weighted by Crippen LogP contribution is -2.37. The number of hydrogen-bond acceptors (Lipinski definition) is 2. The van der Waals surface area contributed by atoms with Gasteiger partial charge in [0.15, 0.2) is 0 Å². The molecule has 1 aliphatic heterocycles. The highest BCUT2D eigenvalue weighted by Gasteiger charge is 2.34. The molecule has 0 radical (unpaired) electrons. The first-order valence-corrected chi connectivity index (χ1v) is 6.77. The van der Waals surface area contributed by atoms with Crippen LogP contribution in [-0.4, -0.2) is 26.3 Å². The number of nitrogens with one attached hydrogen (secondary N) is 1. The number of ether oxygens (including phenoxy) is 1. The summed E-state index contributed by atoms with van der Waals surface area (Å²) in [6.45, 7) is 5.75. The van der Waals surface area contributed by atoms with Crippen molar-refractivity contribution in [3.8, 4) is 0 Å². The Morgan fingerprint density at radius 1 is 1.44 bits per heavy atom. The molecule has 1 aliphatic rings. The van der Waals surface area contributed by atoms with E-state index in [1.165, 1.54) is 6.07 Å². The molecular weight excluding hydrogens is 229 g/mol. The standard InChI is InChI=1S/C15H22FNO/c1-2-7-17-11-15(6-8-18-12-15)10-13-4-3-5-14(16)9-13/h3-5,9,17H,2,6-8,10-12H2,1H3. The Hall–Kier alpha value is -0.930. The zero-order chi connectivity index (χ0) is 12.8. The van der Waals surface area contributed by atoms with Gasteiger partial charge in [0.05, 0.1) is 6.61 Å². The van der Waals surface area contributed by atoms with Crippen molar-refractivity contribution < 1.29 is 9.13 Å². The van der Waals surface area contributed by atoms with Crippen LogP contribution in [0.4, 0.5) is 4.39 Å². The highest BCUT2D eigenvalue weighted by atomic mass is 19.1. The number of halogens is 1. The van der Waals surface area contributed by atoms with Crippen molar-refractivity contribution in [3.05, 3.63) is 35.6 Å². The Balaban J connectivity index is 2.01. The SMILES string of the molecule is CCCNCC1(Cc2cccc(F)c2)CCOC1. The van der Waals surface area contributed by atoms with Crippen LogP contribution < -0.4 is 5.32 Å². The van der Waals surface area contributed by atoms with Crippen LogP contribution in [0.5, 0.6) is 0 Å². The lowest BCUT2D eigenvalue weighted by molar-refractivity contribution is 0.149. The smallest absolute Gasteiger partial charge is 0.123 e. The first-order valence-electron chi connectivity index (χ1n) is 6.77. The molecule has 0 bridgehead atoms. The van der Waals surface area contributed by atoms with Crippen LogP contribution in [0, 0.1) is 11.2 Å². The summed E-state index contributed by atoms with van der Waals surface area (Å²) in [5.74, 6) is -0.150. The third-order valence-electron chi connectivity index (χ3n) is 3.58. The normalized spacial score (nSPS) is 23.4. The van der Waals surface area contributed by atoms with Crippen LogP contribution in [0.2, 0.25) is 0 Å². The number of hydrogen-bond donors (Lipinski definition) is 1. The second-order valence-corrected chi connectivity index (χ2v) is 5.29. The fourth-order valence-corrected chi connectivity index (χ4v) is 2.60. The van der Waals surface area contributed by atoms with Crippen LogP contribution in [0.3, 0.4) is 0 Å². The number of benzene rings is 1. The second kappa shape index (κ2) is 6.30. The van der Waals surface area contributed by atoms with Gasteiger partial charge in [-0.05, 0) is 43.5 Å². The quantitative estimate of drug-likeness (QED) is 0.785. The van der Waals surface area contributed by atoms with E-state index in [-0.39, 0.29) is 11.2 Å². The first kappa shape index (κ1) is 13.5. The average molecular weight is 251 g/mol. The minimum Gasteiger partial charge on any atom is -0.381 e. The van der Waals surface area contributed by atoms with Gasteiger partial charge in [0.25, 0.3) is 0 Å². The van der Waals surface area contributed by atoms with Gasteiger partial charge in [-0.1, -0.05) is 19.1 Å². The Morgan fingerprint density at radius 2 is 2.33 bits per heavy atom. The van der Waals surface area contributed by atoms with Crippen LogP contribution in [-0.2, 0) is 11.2 Å². The molecule has 1 aromatic rings. The molecule has 1 fully saturated rings. The molecule has 1 unspecified atom stereocenters. The van der Waals surface area contributed by atoms with Gasteiger partial charge in [0.1, 0.15) is 5.82 Å². The molecule has 2 nitrogen and oxygen atoms in total. The Labute approximate surface area is 109 Å². The molecule has 100 valence electrons. The van der Waals surface area contributed by atoms with Crippen molar-refractivity contribution in [3.63, 3.8) is 0 Å². The highest BCUT2D eigenvalue weighted by Crippen LogP contribution is 2.32. The topological polar surface area (TPSA) is 21.3 Å². The average Bonchev–Trinajstić information content (AvgIpc) is 2.78. The summed E-state index contributed by atoms with van der Waals surface area (Å²) >= 11 is 0. The van der Waals surface area contributed by atoms with Gasteiger partial charge in [-0.15, -0.1) is 0 Å². The van der Waals surface area contributed by atoms with E-state index in [1.807, 2.05) is 6.07 Å². The second-order valence-electron chi connectivity index (χ2n) is 5.29. The largest absolute Gasteiger partial charge is 0.381 e. The van der Waals surface area contributed by atoms with Gasteiger partial charge in [-0.3, -0.25) is 0 Å². The van der Waals surface area contributed by atoms with Crippen LogP contribution in [0.25, 0.3) is 0 Å². The van der Waals surface area contributed by atoms with Crippen molar-refractivity contribution in [2.24, 2.45) is 5.41 Å². The van der Waals surface area contributed by atoms with E-state index in [2.05, 4.69) is 12.2 Å². The molecule has 1 aromatic carbocycles. The van der Waals surface area contributed by atoms with E-state index in [1.54, 1.807) is 12.1 Å². The molecule has 1 heterocycles. The molecule has 1 N–H and O–H groups in total. The molecule has 0 spiro atoms. The Morgan fingerprint density at radius 3 is 3.00 bits per heavy atom. The predicted octanol–water partition coefficient (Wildman–Crippen LogP) is 2.77. The molecule has 1 atom stereocenters. The third kappa shape index (κ3) is 3.53. The van der Waals surface area contributed by atoms with E-state index in [9.17, 15) is 4.39 Å². The summed E-state index contributed by atoms with van der Waals surface area (Å²) in [6.07, 6.45) is 3.08. The van der Waals surface area contributed by atoms with Crippen molar-refractivity contribution in [2.45, 2.75) is 26.2 Å². The van der Waals surface area contributed by atoms with Crippen molar-refractivity contribution in [2.75, 3.05) is 26.3 Å². The summed E-state index contributed by atoms with van der Waals surface area (Å²) in [4.78, 5) is 0. The van der Waals surface area contributed by atoms with Gasteiger partial charge in [0.2, 0.25) is 0 Å². The lowest BCUT2D eigenvalue weighted by atomic mass is 9.81. The minimum absolute atomic E-state index is 0.142. The Bertz CT molecular complexity index is 375. The molecule has 0 saturated carbocycles. The monoisotopic (exact) mass is 251 g/mol. The predicted molar refractivity (Wildman–Crippen MR) is 71.1 cm³/mol. The molecule has 0 aromatic heterocycles. The lowest BCUT2D eigenvalue weighted by Gasteiger charge is -2.28. The van der Waals surface area contributed by atoms with E-state index >= 15 is 0 Å². The van der Waals surface area contributed by atoms with Gasteiger partial charge < -0.3 is 10.1 Å². The third-order valence-corrected chi connectivity index (χ3v) is 3.58. The maximum Gasteiger partial charge on any atom is 0.123 e. The fraction of sp³-hybridized carbons (Fsp3) is 0.600. The van der Waals surface area contributed by atoms with Crippen molar-refractivity contribution in [1.29, 1.82) is 0 Å². The van der Waals surface area contributed by atoms with Gasteiger partial charge >= 0.3 is 0 Å². The van der Waals surface area contributed by atoms with Crippen molar-refractivity contribution in [1.82, 2.24) is 5.32 Å². The molecular formula is C15H22FNO. The molecule has 0 aliphatic carbocycles.